The summed E-state index contributed by atoms with van der Waals surface area (Å²) in [5, 5.41) is 7.12. The van der Waals surface area contributed by atoms with E-state index in [1.165, 1.54) is 23.7 Å². The Kier molecular flexibility index (Phi) is 5.27. The second kappa shape index (κ2) is 8.28. The van der Waals surface area contributed by atoms with Crippen LogP contribution in [0.4, 0.5) is 31.9 Å². The number of aryl methyl sites for hydroxylation is 1. The summed E-state index contributed by atoms with van der Waals surface area (Å²) in [4.78, 5) is 26.7. The molecule has 0 aromatic carbocycles. The van der Waals surface area contributed by atoms with Crippen molar-refractivity contribution in [2.45, 2.75) is 51.4 Å². The van der Waals surface area contributed by atoms with Crippen molar-refractivity contribution in [3.63, 3.8) is 0 Å². The van der Waals surface area contributed by atoms with Gasteiger partial charge in [0.1, 0.15) is 29.3 Å². The van der Waals surface area contributed by atoms with Crippen LogP contribution in [0.5, 0.6) is 0 Å². The minimum Gasteiger partial charge on any atom is -0.384 e. The number of nitrogens with one attached hydrogen (secondary N) is 1. The average molecular weight is 497 g/mol. The van der Waals surface area contributed by atoms with Crippen molar-refractivity contribution < 1.29 is 13.6 Å². The Morgan fingerprint density at radius 2 is 1.69 bits per heavy atom. The van der Waals surface area contributed by atoms with Gasteiger partial charge in [-0.3, -0.25) is 4.79 Å². The molecule has 36 heavy (non-hydrogen) atoms. The fourth-order valence-corrected chi connectivity index (χ4v) is 5.47. The molecular weight excluding hydrogens is 466 g/mol. The molecule has 0 atom stereocenters. The minimum absolute atomic E-state index is 0.207. The normalized spacial score (nSPS) is 20.6. The number of hydrogen-bond donors (Lipinski definition) is 2. The molecule has 3 aromatic rings. The summed E-state index contributed by atoms with van der Waals surface area (Å²) < 4.78 is 28.8. The molecule has 11 heteroatoms. The maximum absolute atomic E-state index is 13.7. The van der Waals surface area contributed by atoms with E-state index in [2.05, 4.69) is 25.3 Å². The van der Waals surface area contributed by atoms with Crippen molar-refractivity contribution in [3.8, 4) is 0 Å². The first kappa shape index (κ1) is 22.9. The monoisotopic (exact) mass is 496 g/mol. The zero-order chi connectivity index (χ0) is 25.1. The number of aromatic nitrogens is 4. The lowest BCUT2D eigenvalue weighted by atomic mass is 9.93. The van der Waals surface area contributed by atoms with Crippen molar-refractivity contribution in [3.05, 3.63) is 35.7 Å². The smallest absolute Gasteiger partial charge is 0.262 e. The molecule has 2 saturated heterocycles. The van der Waals surface area contributed by atoms with Gasteiger partial charge in [0, 0.05) is 45.1 Å². The molecule has 190 valence electrons. The molecule has 1 saturated carbocycles. The lowest BCUT2D eigenvalue weighted by Crippen LogP contribution is -2.39. The third-order valence-electron chi connectivity index (χ3n) is 7.92. The van der Waals surface area contributed by atoms with Crippen molar-refractivity contribution in [1.82, 2.24) is 19.6 Å². The number of carbonyl (C=O) groups is 1. The molecule has 1 spiro atoms. The van der Waals surface area contributed by atoms with Crippen LogP contribution >= 0.6 is 0 Å². The van der Waals surface area contributed by atoms with Crippen LogP contribution in [0.1, 0.15) is 54.4 Å². The van der Waals surface area contributed by atoms with Gasteiger partial charge in [0.2, 0.25) is 0 Å². The molecule has 2 aliphatic heterocycles. The van der Waals surface area contributed by atoms with E-state index in [0.29, 0.717) is 34.1 Å². The quantitative estimate of drug-likeness (QED) is 0.565. The first-order chi connectivity index (χ1) is 17.2. The molecule has 3 N–H and O–H groups in total. The number of fused-ring (bicyclic) bond motifs is 1. The SMILES string of the molecule is Cc1cc(NC(=O)c2c(N3CCC4(CC3)CC4)cc(N)n3ncnc23)nc(N2CCC(F)(F)CC2)c1. The van der Waals surface area contributed by atoms with E-state index in [4.69, 9.17) is 5.73 Å². The van der Waals surface area contributed by atoms with Crippen LogP contribution in [0, 0.1) is 12.3 Å². The van der Waals surface area contributed by atoms with Gasteiger partial charge < -0.3 is 20.9 Å². The molecule has 3 aliphatic rings. The van der Waals surface area contributed by atoms with Crippen LogP contribution < -0.4 is 20.9 Å². The number of amides is 1. The summed E-state index contributed by atoms with van der Waals surface area (Å²) >= 11 is 0. The van der Waals surface area contributed by atoms with Crippen LogP contribution in [0.2, 0.25) is 0 Å². The summed E-state index contributed by atoms with van der Waals surface area (Å²) in [7, 11) is 0. The predicted molar refractivity (Wildman–Crippen MR) is 134 cm³/mol. The molecule has 0 bridgehead atoms. The highest BCUT2D eigenvalue weighted by Gasteiger charge is 2.45. The number of carbonyl (C=O) groups excluding carboxylic acids is 1. The maximum atomic E-state index is 13.7. The number of nitrogens with zero attached hydrogens (tertiary/aromatic N) is 6. The average Bonchev–Trinajstić information content (AvgIpc) is 3.39. The zero-order valence-electron chi connectivity index (χ0n) is 20.3. The van der Waals surface area contributed by atoms with Gasteiger partial charge in [-0.1, -0.05) is 0 Å². The summed E-state index contributed by atoms with van der Waals surface area (Å²) in [5.41, 5.74) is 9.17. The largest absolute Gasteiger partial charge is 0.384 e. The van der Waals surface area contributed by atoms with Crippen LogP contribution in [-0.4, -0.2) is 57.6 Å². The van der Waals surface area contributed by atoms with Gasteiger partial charge in [-0.15, -0.1) is 0 Å². The zero-order valence-corrected chi connectivity index (χ0v) is 20.3. The Morgan fingerprint density at radius 3 is 2.39 bits per heavy atom. The molecule has 9 nitrogen and oxygen atoms in total. The lowest BCUT2D eigenvalue weighted by molar-refractivity contribution is -0.0221. The van der Waals surface area contributed by atoms with Gasteiger partial charge in [-0.05, 0) is 55.7 Å². The van der Waals surface area contributed by atoms with E-state index in [1.54, 1.807) is 12.1 Å². The summed E-state index contributed by atoms with van der Waals surface area (Å²) in [6, 6.07) is 5.42. The van der Waals surface area contributed by atoms with Crippen molar-refractivity contribution in [2.75, 3.05) is 47.0 Å². The number of halogens is 2. The summed E-state index contributed by atoms with van der Waals surface area (Å²) in [6.07, 6.45) is 5.75. The Hall–Kier alpha value is -3.50. The molecular formula is C25H30F2N8O. The predicted octanol–water partition coefficient (Wildman–Crippen LogP) is 3.88. The van der Waals surface area contributed by atoms with E-state index in [1.807, 2.05) is 17.9 Å². The van der Waals surface area contributed by atoms with Gasteiger partial charge >= 0.3 is 0 Å². The minimum atomic E-state index is -2.64. The molecule has 1 aliphatic carbocycles. The second-order valence-electron chi connectivity index (χ2n) is 10.5. The van der Waals surface area contributed by atoms with Gasteiger partial charge in [-0.2, -0.15) is 9.61 Å². The van der Waals surface area contributed by atoms with Crippen LogP contribution in [-0.2, 0) is 0 Å². The molecule has 0 unspecified atom stereocenters. The fraction of sp³-hybridized carbons (Fsp3) is 0.520. The number of alkyl halides is 2. The highest BCUT2D eigenvalue weighted by Crippen LogP contribution is 2.54. The van der Waals surface area contributed by atoms with E-state index >= 15 is 0 Å². The lowest BCUT2D eigenvalue weighted by Gasteiger charge is -2.35. The summed E-state index contributed by atoms with van der Waals surface area (Å²) in [5.74, 6) is -1.64. The van der Waals surface area contributed by atoms with E-state index in [-0.39, 0.29) is 31.8 Å². The van der Waals surface area contributed by atoms with Gasteiger partial charge in [-0.25, -0.2) is 18.7 Å². The number of nitrogens with two attached hydrogens (primary N) is 1. The number of nitrogen functional groups attached to an aromatic ring is 1. The Bertz CT molecular complexity index is 1320. The number of piperidine rings is 2. The fourth-order valence-electron chi connectivity index (χ4n) is 5.47. The van der Waals surface area contributed by atoms with E-state index in [0.717, 1.165) is 37.2 Å². The van der Waals surface area contributed by atoms with Crippen LogP contribution in [0.15, 0.2) is 24.5 Å². The van der Waals surface area contributed by atoms with E-state index in [9.17, 15) is 13.6 Å². The second-order valence-corrected chi connectivity index (χ2v) is 10.5. The van der Waals surface area contributed by atoms with Crippen LogP contribution in [0.3, 0.4) is 0 Å². The van der Waals surface area contributed by atoms with Gasteiger partial charge in [0.25, 0.3) is 11.8 Å². The topological polar surface area (TPSA) is 105 Å². The Morgan fingerprint density at radius 1 is 1.00 bits per heavy atom. The Labute approximate surface area is 207 Å². The van der Waals surface area contributed by atoms with Gasteiger partial charge in [0.05, 0.1) is 5.69 Å². The summed E-state index contributed by atoms with van der Waals surface area (Å²) in [6.45, 7) is 4.05. The third kappa shape index (κ3) is 4.20. The first-order valence-electron chi connectivity index (χ1n) is 12.5. The molecule has 6 rings (SSSR count). The van der Waals surface area contributed by atoms with E-state index < -0.39 is 5.92 Å². The van der Waals surface area contributed by atoms with Crippen molar-refractivity contribution in [2.24, 2.45) is 5.41 Å². The van der Waals surface area contributed by atoms with Crippen molar-refractivity contribution in [1.29, 1.82) is 0 Å². The maximum Gasteiger partial charge on any atom is 0.262 e. The molecule has 5 heterocycles. The van der Waals surface area contributed by atoms with Crippen molar-refractivity contribution >= 4 is 34.7 Å². The standard InChI is InChI=1S/C25H30F2N8O/c1-16-12-19(31-20(13-16)34-10-6-25(26,27)7-11-34)32-23(36)21-17(14-18(28)35-22(21)29-15-30-35)33-8-4-24(2-3-24)5-9-33/h12-15H,2-11,28H2,1H3,(H,31,32,36). The molecule has 3 fully saturated rings. The number of pyridine rings is 2. The van der Waals surface area contributed by atoms with Crippen LogP contribution in [0.25, 0.3) is 5.65 Å². The molecule has 1 amide bonds. The molecule has 3 aromatic heterocycles. The third-order valence-corrected chi connectivity index (χ3v) is 7.92. The highest BCUT2D eigenvalue weighted by molar-refractivity contribution is 6.12. The van der Waals surface area contributed by atoms with Gasteiger partial charge in [0.15, 0.2) is 5.65 Å². The first-order valence-corrected chi connectivity index (χ1v) is 12.5. The number of hydrogen-bond acceptors (Lipinski definition) is 7. The molecule has 0 radical (unpaired) electrons. The highest BCUT2D eigenvalue weighted by atomic mass is 19.3. The Balaban J connectivity index is 1.30. The number of anilines is 4. The number of rotatable bonds is 4.